The zero-order chi connectivity index (χ0) is 18.9. The number of aromatic carboxylic acids is 1. The molecule has 2 N–H and O–H groups in total. The summed E-state index contributed by atoms with van der Waals surface area (Å²) in [7, 11) is 1.84. The first kappa shape index (κ1) is 16.6. The van der Waals surface area contributed by atoms with Crippen molar-refractivity contribution in [3.05, 3.63) is 39.4 Å². The molecule has 0 saturated carbocycles. The minimum absolute atomic E-state index is 0.138. The van der Waals surface area contributed by atoms with Gasteiger partial charge in [0.05, 0.1) is 16.6 Å². The van der Waals surface area contributed by atoms with Gasteiger partial charge in [-0.15, -0.1) is 0 Å². The van der Waals surface area contributed by atoms with Gasteiger partial charge in [0.2, 0.25) is 5.43 Å². The molecular weight excluding hydrogens is 351 g/mol. The number of benzene rings is 1. The highest BCUT2D eigenvalue weighted by Crippen LogP contribution is 2.38. The second kappa shape index (κ2) is 5.69. The van der Waals surface area contributed by atoms with Crippen LogP contribution in [-0.4, -0.2) is 55.5 Å². The van der Waals surface area contributed by atoms with Crippen molar-refractivity contribution in [2.75, 3.05) is 49.7 Å². The average molecular weight is 372 g/mol. The summed E-state index contributed by atoms with van der Waals surface area (Å²) in [6, 6.07) is 1.23. The average Bonchev–Trinajstić information content (AvgIpc) is 3.21. The van der Waals surface area contributed by atoms with E-state index in [1.165, 1.54) is 12.3 Å². The molecule has 0 bridgehead atoms. The van der Waals surface area contributed by atoms with Crippen LogP contribution in [0.25, 0.3) is 10.9 Å². The number of carbonyl (C=O) groups is 1. The molecule has 7 nitrogen and oxygen atoms in total. The number of likely N-dealkylation sites (N-methyl/N-ethyl adjacent to an activating group) is 1. The van der Waals surface area contributed by atoms with Crippen molar-refractivity contribution in [1.82, 2.24) is 9.99 Å². The van der Waals surface area contributed by atoms with Crippen LogP contribution in [-0.2, 0) is 6.42 Å². The molecule has 2 saturated heterocycles. The summed E-state index contributed by atoms with van der Waals surface area (Å²) >= 11 is 0. The number of carboxylic acid groups (broad SMARTS) is 1. The van der Waals surface area contributed by atoms with Gasteiger partial charge in [-0.2, -0.15) is 0 Å². The maximum Gasteiger partial charge on any atom is 0.341 e. The molecule has 2 aromatic rings. The Hall–Kier alpha value is -2.61. The number of carboxylic acids is 1. The molecule has 5 rings (SSSR count). The Morgan fingerprint density at radius 1 is 1.30 bits per heavy atom. The molecule has 27 heavy (non-hydrogen) atoms. The third-order valence-electron chi connectivity index (χ3n) is 6.28. The largest absolute Gasteiger partial charge is 0.477 e. The van der Waals surface area contributed by atoms with Crippen molar-refractivity contribution >= 4 is 22.6 Å². The number of anilines is 1. The van der Waals surface area contributed by atoms with Gasteiger partial charge in [0.25, 0.3) is 0 Å². The lowest BCUT2D eigenvalue weighted by molar-refractivity contribution is 0.0695. The highest BCUT2D eigenvalue weighted by Gasteiger charge is 2.38. The van der Waals surface area contributed by atoms with Crippen LogP contribution >= 0.6 is 0 Å². The molecule has 3 aliphatic heterocycles. The van der Waals surface area contributed by atoms with E-state index in [0.29, 0.717) is 36.0 Å². The van der Waals surface area contributed by atoms with Gasteiger partial charge in [0.15, 0.2) is 0 Å². The maximum atomic E-state index is 15.2. The fourth-order valence-corrected chi connectivity index (χ4v) is 4.93. The normalized spacial score (nSPS) is 23.9. The Kier molecular flexibility index (Phi) is 3.49. The number of hydrogen-bond acceptors (Lipinski definition) is 5. The molecular formula is C19H21FN4O3. The Morgan fingerprint density at radius 3 is 2.67 bits per heavy atom. The molecule has 142 valence electrons. The van der Waals surface area contributed by atoms with Gasteiger partial charge in [-0.25, -0.2) is 9.18 Å². The molecule has 0 radical (unpaired) electrons. The number of hydrogen-bond donors (Lipinski definition) is 2. The summed E-state index contributed by atoms with van der Waals surface area (Å²) in [5.41, 5.74) is 1.06. The summed E-state index contributed by atoms with van der Waals surface area (Å²) in [4.78, 5) is 26.3. The molecule has 2 fully saturated rings. The van der Waals surface area contributed by atoms with Crippen molar-refractivity contribution in [1.29, 1.82) is 0 Å². The van der Waals surface area contributed by atoms with E-state index in [1.807, 2.05) is 12.1 Å². The predicted octanol–water partition coefficient (Wildman–Crippen LogP) is 0.618. The monoisotopic (exact) mass is 372 g/mol. The minimum atomic E-state index is -1.30. The molecule has 0 spiro atoms. The van der Waals surface area contributed by atoms with E-state index in [4.69, 9.17) is 0 Å². The van der Waals surface area contributed by atoms with E-state index >= 15 is 4.39 Å². The lowest BCUT2D eigenvalue weighted by Gasteiger charge is -2.34. The van der Waals surface area contributed by atoms with Crippen LogP contribution in [0.15, 0.2) is 17.1 Å². The first-order valence-electron chi connectivity index (χ1n) is 9.27. The number of nitrogens with one attached hydrogen (secondary N) is 1. The molecule has 2 unspecified atom stereocenters. The molecule has 3 aliphatic rings. The summed E-state index contributed by atoms with van der Waals surface area (Å²) in [5.74, 6) is -0.679. The van der Waals surface area contributed by atoms with Gasteiger partial charge in [0, 0.05) is 51.5 Å². The van der Waals surface area contributed by atoms with Gasteiger partial charge in [0.1, 0.15) is 11.4 Å². The van der Waals surface area contributed by atoms with Crippen LogP contribution in [0, 0.1) is 17.7 Å². The summed E-state index contributed by atoms with van der Waals surface area (Å²) in [6.45, 7) is 4.16. The van der Waals surface area contributed by atoms with Crippen LogP contribution < -0.4 is 20.7 Å². The second-order valence-corrected chi connectivity index (χ2v) is 7.82. The summed E-state index contributed by atoms with van der Waals surface area (Å²) < 4.78 is 16.9. The van der Waals surface area contributed by atoms with Crippen molar-refractivity contribution in [2.24, 2.45) is 11.8 Å². The number of nitrogens with zero attached hydrogens (tertiary/aromatic N) is 3. The van der Waals surface area contributed by atoms with Crippen molar-refractivity contribution < 1.29 is 14.3 Å². The van der Waals surface area contributed by atoms with E-state index in [0.717, 1.165) is 31.7 Å². The zero-order valence-electron chi connectivity index (χ0n) is 15.0. The molecule has 0 aliphatic carbocycles. The molecule has 1 aromatic heterocycles. The van der Waals surface area contributed by atoms with E-state index < -0.39 is 17.2 Å². The standard InChI is InChI=1S/C19H21FN4O3/c1-22-3-2-12-16-13(18(25)14(19(26)27)9-24(16)22)4-15(20)17(12)23-7-10-5-21-6-11(10)8-23/h4,9-11,21H,2-3,5-8H2,1H3,(H,26,27). The number of pyridine rings is 1. The molecule has 1 aromatic carbocycles. The highest BCUT2D eigenvalue weighted by atomic mass is 19.1. The van der Waals surface area contributed by atoms with Crippen molar-refractivity contribution in [2.45, 2.75) is 6.42 Å². The van der Waals surface area contributed by atoms with Crippen molar-refractivity contribution in [3.63, 3.8) is 0 Å². The lowest BCUT2D eigenvalue weighted by Crippen LogP contribution is -2.39. The molecule has 0 amide bonds. The minimum Gasteiger partial charge on any atom is -0.477 e. The van der Waals surface area contributed by atoms with Crippen LogP contribution in [0.3, 0.4) is 0 Å². The van der Waals surface area contributed by atoms with Gasteiger partial charge in [-0.05, 0) is 24.3 Å². The third kappa shape index (κ3) is 2.29. The van der Waals surface area contributed by atoms with Gasteiger partial charge in [-0.3, -0.25) is 9.47 Å². The number of aromatic nitrogens is 1. The van der Waals surface area contributed by atoms with E-state index in [9.17, 15) is 14.7 Å². The third-order valence-corrected chi connectivity index (χ3v) is 6.28. The van der Waals surface area contributed by atoms with Crippen molar-refractivity contribution in [3.8, 4) is 0 Å². The van der Waals surface area contributed by atoms with E-state index in [2.05, 4.69) is 10.2 Å². The van der Waals surface area contributed by atoms with Gasteiger partial charge < -0.3 is 20.3 Å². The van der Waals surface area contributed by atoms with Crippen LogP contribution in [0.2, 0.25) is 0 Å². The predicted molar refractivity (Wildman–Crippen MR) is 99.9 cm³/mol. The zero-order valence-corrected chi connectivity index (χ0v) is 15.0. The molecule has 8 heteroatoms. The summed E-state index contributed by atoms with van der Waals surface area (Å²) in [5, 5.41) is 14.8. The number of rotatable bonds is 2. The fraction of sp³-hybridized carbons (Fsp3) is 0.474. The first-order valence-corrected chi connectivity index (χ1v) is 9.27. The Morgan fingerprint density at radius 2 is 2.00 bits per heavy atom. The topological polar surface area (TPSA) is 77.8 Å². The first-order chi connectivity index (χ1) is 13.0. The van der Waals surface area contributed by atoms with Crippen LogP contribution in [0.4, 0.5) is 10.1 Å². The SMILES string of the molecule is CN1CCc2c(N3CC4CNCC4C3)c(F)cc3c(=O)c(C(=O)O)cn1c23. The Labute approximate surface area is 154 Å². The second-order valence-electron chi connectivity index (χ2n) is 7.82. The molecule has 4 heterocycles. The fourth-order valence-electron chi connectivity index (χ4n) is 4.93. The molecule has 2 atom stereocenters. The lowest BCUT2D eigenvalue weighted by atomic mass is 9.99. The van der Waals surface area contributed by atoms with Gasteiger partial charge >= 0.3 is 5.97 Å². The quantitative estimate of drug-likeness (QED) is 0.805. The highest BCUT2D eigenvalue weighted by molar-refractivity contribution is 5.95. The Bertz CT molecular complexity index is 1020. The van der Waals surface area contributed by atoms with Crippen LogP contribution in [0.1, 0.15) is 15.9 Å². The van der Waals surface area contributed by atoms with E-state index in [-0.39, 0.29) is 10.9 Å². The Balaban J connectivity index is 1.76. The van der Waals surface area contributed by atoms with E-state index in [1.54, 1.807) is 4.68 Å². The maximum absolute atomic E-state index is 15.2. The number of halogens is 1. The van der Waals surface area contributed by atoms with Crippen LogP contribution in [0.5, 0.6) is 0 Å². The smallest absolute Gasteiger partial charge is 0.341 e. The number of fused-ring (bicyclic) bond motifs is 1. The summed E-state index contributed by atoms with van der Waals surface area (Å²) in [6.07, 6.45) is 1.98. The van der Waals surface area contributed by atoms with Gasteiger partial charge in [-0.1, -0.05) is 0 Å².